The Bertz CT molecular complexity index is 472. The zero-order valence-corrected chi connectivity index (χ0v) is 12.4. The third-order valence-electron chi connectivity index (χ3n) is 3.75. The van der Waals surface area contributed by atoms with Gasteiger partial charge in [0.05, 0.1) is 6.61 Å². The van der Waals surface area contributed by atoms with Crippen LogP contribution in [0.25, 0.3) is 0 Å². The maximum Gasteiger partial charge on any atom is 0.222 e. The fourth-order valence-electron chi connectivity index (χ4n) is 2.49. The van der Waals surface area contributed by atoms with Crippen LogP contribution in [0.5, 0.6) is 5.75 Å². The lowest BCUT2D eigenvalue weighted by Gasteiger charge is -2.22. The number of aryl methyl sites for hydroxylation is 1. The van der Waals surface area contributed by atoms with Gasteiger partial charge in [0.15, 0.2) is 0 Å². The Hall–Kier alpha value is -1.55. The van der Waals surface area contributed by atoms with Crippen LogP contribution in [0.4, 0.5) is 0 Å². The molecule has 0 aromatic heterocycles. The molecule has 0 spiro atoms. The van der Waals surface area contributed by atoms with Gasteiger partial charge in [-0.25, -0.2) is 0 Å². The molecular formula is C16H24N2O2. The SMILES string of the molecule is CN(C)C(=O)CCCOc1ccc2c(c1)C[C@@H](N)CC2. The van der Waals surface area contributed by atoms with Crippen LogP contribution < -0.4 is 10.5 Å². The van der Waals surface area contributed by atoms with E-state index in [9.17, 15) is 4.79 Å². The monoisotopic (exact) mass is 276 g/mol. The molecule has 1 aliphatic carbocycles. The summed E-state index contributed by atoms with van der Waals surface area (Å²) in [7, 11) is 3.55. The number of carbonyl (C=O) groups is 1. The van der Waals surface area contributed by atoms with Gasteiger partial charge in [0.25, 0.3) is 0 Å². The highest BCUT2D eigenvalue weighted by molar-refractivity contribution is 5.75. The number of amides is 1. The molecule has 1 aliphatic rings. The Balaban J connectivity index is 1.82. The van der Waals surface area contributed by atoms with Crippen molar-refractivity contribution in [3.05, 3.63) is 29.3 Å². The van der Waals surface area contributed by atoms with E-state index in [1.165, 1.54) is 11.1 Å². The summed E-state index contributed by atoms with van der Waals surface area (Å²) >= 11 is 0. The number of nitrogens with zero attached hydrogens (tertiary/aromatic N) is 1. The van der Waals surface area contributed by atoms with Crippen LogP contribution >= 0.6 is 0 Å². The van der Waals surface area contributed by atoms with Crippen molar-refractivity contribution in [3.8, 4) is 5.75 Å². The third-order valence-corrected chi connectivity index (χ3v) is 3.75. The highest BCUT2D eigenvalue weighted by Gasteiger charge is 2.15. The molecule has 110 valence electrons. The van der Waals surface area contributed by atoms with E-state index in [4.69, 9.17) is 10.5 Å². The van der Waals surface area contributed by atoms with Gasteiger partial charge in [0.1, 0.15) is 5.75 Å². The van der Waals surface area contributed by atoms with E-state index in [2.05, 4.69) is 12.1 Å². The Morgan fingerprint density at radius 3 is 2.95 bits per heavy atom. The fraction of sp³-hybridized carbons (Fsp3) is 0.562. The summed E-state index contributed by atoms with van der Waals surface area (Å²) in [5, 5.41) is 0. The first-order valence-electron chi connectivity index (χ1n) is 7.26. The van der Waals surface area contributed by atoms with Crippen LogP contribution in [0.2, 0.25) is 0 Å². The molecule has 4 heteroatoms. The summed E-state index contributed by atoms with van der Waals surface area (Å²) in [6.07, 6.45) is 4.34. The van der Waals surface area contributed by atoms with Crippen molar-refractivity contribution >= 4 is 5.91 Å². The van der Waals surface area contributed by atoms with Crippen molar-refractivity contribution in [1.82, 2.24) is 4.90 Å². The number of rotatable bonds is 5. The van der Waals surface area contributed by atoms with Gasteiger partial charge in [-0.3, -0.25) is 4.79 Å². The Kier molecular flexibility index (Phi) is 5.01. The summed E-state index contributed by atoms with van der Waals surface area (Å²) < 4.78 is 5.73. The smallest absolute Gasteiger partial charge is 0.222 e. The topological polar surface area (TPSA) is 55.6 Å². The van der Waals surface area contributed by atoms with E-state index in [-0.39, 0.29) is 11.9 Å². The minimum absolute atomic E-state index is 0.144. The van der Waals surface area contributed by atoms with Crippen LogP contribution in [0, 0.1) is 0 Å². The first kappa shape index (κ1) is 14.9. The maximum absolute atomic E-state index is 11.4. The normalized spacial score (nSPS) is 17.4. The molecule has 0 bridgehead atoms. The van der Waals surface area contributed by atoms with Gasteiger partial charge in [-0.2, -0.15) is 0 Å². The van der Waals surface area contributed by atoms with Crippen LogP contribution in [0.15, 0.2) is 18.2 Å². The predicted octanol–water partition coefficient (Wildman–Crippen LogP) is 1.75. The maximum atomic E-state index is 11.4. The number of nitrogens with two attached hydrogens (primary N) is 1. The van der Waals surface area contributed by atoms with E-state index in [0.717, 1.165) is 31.4 Å². The highest BCUT2D eigenvalue weighted by atomic mass is 16.5. The first-order chi connectivity index (χ1) is 9.56. The molecule has 0 heterocycles. The molecule has 20 heavy (non-hydrogen) atoms. The molecular weight excluding hydrogens is 252 g/mol. The molecule has 1 aromatic carbocycles. The molecule has 0 radical (unpaired) electrons. The van der Waals surface area contributed by atoms with Crippen molar-refractivity contribution in [2.45, 2.75) is 38.1 Å². The van der Waals surface area contributed by atoms with Crippen molar-refractivity contribution < 1.29 is 9.53 Å². The average molecular weight is 276 g/mol. The second kappa shape index (κ2) is 6.75. The molecule has 2 rings (SSSR count). The van der Waals surface area contributed by atoms with Crippen molar-refractivity contribution in [2.24, 2.45) is 5.73 Å². The molecule has 0 fully saturated rings. The number of hydrogen-bond donors (Lipinski definition) is 1. The van der Waals surface area contributed by atoms with Crippen LogP contribution in [0.3, 0.4) is 0 Å². The second-order valence-corrected chi connectivity index (χ2v) is 5.67. The van der Waals surface area contributed by atoms with Gasteiger partial charge in [0.2, 0.25) is 5.91 Å². The molecule has 1 atom stereocenters. The zero-order chi connectivity index (χ0) is 14.5. The number of fused-ring (bicyclic) bond motifs is 1. The lowest BCUT2D eigenvalue weighted by atomic mass is 9.89. The second-order valence-electron chi connectivity index (χ2n) is 5.67. The standard InChI is InChI=1S/C16H24N2O2/c1-18(2)16(19)4-3-9-20-15-8-6-12-5-7-14(17)10-13(12)11-15/h6,8,11,14H,3-5,7,9-10,17H2,1-2H3/t14-/m0/s1. The minimum Gasteiger partial charge on any atom is -0.494 e. The van der Waals surface area contributed by atoms with Gasteiger partial charge in [-0.15, -0.1) is 0 Å². The van der Waals surface area contributed by atoms with E-state index in [0.29, 0.717) is 13.0 Å². The van der Waals surface area contributed by atoms with E-state index in [1.54, 1.807) is 19.0 Å². The van der Waals surface area contributed by atoms with Crippen molar-refractivity contribution in [1.29, 1.82) is 0 Å². The van der Waals surface area contributed by atoms with Gasteiger partial charge < -0.3 is 15.4 Å². The fourth-order valence-corrected chi connectivity index (χ4v) is 2.49. The van der Waals surface area contributed by atoms with E-state index in [1.807, 2.05) is 6.07 Å². The molecule has 1 aromatic rings. The van der Waals surface area contributed by atoms with Gasteiger partial charge in [0, 0.05) is 26.6 Å². The molecule has 4 nitrogen and oxygen atoms in total. The first-order valence-corrected chi connectivity index (χ1v) is 7.26. The molecule has 0 unspecified atom stereocenters. The zero-order valence-electron chi connectivity index (χ0n) is 12.4. The van der Waals surface area contributed by atoms with Crippen molar-refractivity contribution in [2.75, 3.05) is 20.7 Å². The van der Waals surface area contributed by atoms with Crippen LogP contribution in [0.1, 0.15) is 30.4 Å². The number of ether oxygens (including phenoxy) is 1. The summed E-state index contributed by atoms with van der Waals surface area (Å²) in [5.74, 6) is 1.03. The highest BCUT2D eigenvalue weighted by Crippen LogP contribution is 2.25. The van der Waals surface area contributed by atoms with Gasteiger partial charge in [-0.05, 0) is 48.9 Å². The summed E-state index contributed by atoms with van der Waals surface area (Å²) in [6.45, 7) is 0.574. The van der Waals surface area contributed by atoms with Crippen LogP contribution in [-0.4, -0.2) is 37.6 Å². The number of benzene rings is 1. The molecule has 0 saturated carbocycles. The summed E-state index contributed by atoms with van der Waals surface area (Å²) in [5.41, 5.74) is 8.70. The lowest BCUT2D eigenvalue weighted by Crippen LogP contribution is -2.27. The minimum atomic E-state index is 0.144. The van der Waals surface area contributed by atoms with E-state index >= 15 is 0 Å². The lowest BCUT2D eigenvalue weighted by molar-refractivity contribution is -0.128. The summed E-state index contributed by atoms with van der Waals surface area (Å²) in [6, 6.07) is 6.53. The Morgan fingerprint density at radius 2 is 2.20 bits per heavy atom. The molecule has 2 N–H and O–H groups in total. The molecule has 0 saturated heterocycles. The van der Waals surface area contributed by atoms with Crippen molar-refractivity contribution in [3.63, 3.8) is 0 Å². The van der Waals surface area contributed by atoms with Gasteiger partial charge >= 0.3 is 0 Å². The summed E-state index contributed by atoms with van der Waals surface area (Å²) in [4.78, 5) is 13.0. The molecule has 0 aliphatic heterocycles. The number of carbonyl (C=O) groups excluding carboxylic acids is 1. The Labute approximate surface area is 120 Å². The third kappa shape index (κ3) is 3.97. The predicted molar refractivity (Wildman–Crippen MR) is 79.9 cm³/mol. The van der Waals surface area contributed by atoms with Crippen LogP contribution in [-0.2, 0) is 17.6 Å². The number of hydrogen-bond acceptors (Lipinski definition) is 3. The quantitative estimate of drug-likeness (QED) is 0.834. The van der Waals surface area contributed by atoms with Gasteiger partial charge in [-0.1, -0.05) is 6.07 Å². The Morgan fingerprint density at radius 1 is 1.40 bits per heavy atom. The van der Waals surface area contributed by atoms with E-state index < -0.39 is 0 Å². The largest absolute Gasteiger partial charge is 0.494 e. The molecule has 1 amide bonds. The average Bonchev–Trinajstić information content (AvgIpc) is 2.42.